The number of nitrogens with zero attached hydrogens (tertiary/aromatic N) is 1. The van der Waals surface area contributed by atoms with E-state index in [1.807, 2.05) is 0 Å². The van der Waals surface area contributed by atoms with Gasteiger partial charge >= 0.3 is 6.18 Å². The lowest BCUT2D eigenvalue weighted by Gasteiger charge is -2.11. The molecule has 0 atom stereocenters. The van der Waals surface area contributed by atoms with E-state index in [0.717, 1.165) is 6.07 Å². The lowest BCUT2D eigenvalue weighted by atomic mass is 10.1. The van der Waals surface area contributed by atoms with E-state index in [0.29, 0.717) is 5.69 Å². The lowest BCUT2D eigenvalue weighted by molar-refractivity contribution is -0.141. The zero-order valence-electron chi connectivity index (χ0n) is 10.9. The molecule has 7 heteroatoms. The van der Waals surface area contributed by atoms with Crippen LogP contribution in [0.1, 0.15) is 23.0 Å². The molecule has 1 aromatic carbocycles. The number of rotatable bonds is 3. The van der Waals surface area contributed by atoms with Gasteiger partial charge in [-0.25, -0.2) is 4.98 Å². The second-order valence-electron chi connectivity index (χ2n) is 4.27. The molecule has 0 spiro atoms. The van der Waals surface area contributed by atoms with Crippen molar-refractivity contribution in [3.8, 4) is 11.6 Å². The van der Waals surface area contributed by atoms with Crippen molar-refractivity contribution in [1.29, 1.82) is 0 Å². The van der Waals surface area contributed by atoms with Gasteiger partial charge in [0.05, 0.1) is 5.56 Å². The number of anilines is 1. The van der Waals surface area contributed by atoms with Gasteiger partial charge in [-0.05, 0) is 31.2 Å². The Bertz CT molecular complexity index is 684. The van der Waals surface area contributed by atoms with E-state index >= 15 is 0 Å². The van der Waals surface area contributed by atoms with E-state index in [1.54, 1.807) is 0 Å². The van der Waals surface area contributed by atoms with Crippen molar-refractivity contribution in [2.75, 3.05) is 5.73 Å². The molecule has 0 amide bonds. The number of ether oxygens (including phenoxy) is 1. The fourth-order valence-corrected chi connectivity index (χ4v) is 1.65. The first kappa shape index (κ1) is 14.8. The number of carbonyl (C=O) groups excluding carboxylic acids is 1. The van der Waals surface area contributed by atoms with Crippen LogP contribution in [-0.2, 0) is 6.18 Å². The Labute approximate surface area is 118 Å². The second-order valence-corrected chi connectivity index (χ2v) is 4.27. The van der Waals surface area contributed by atoms with Crippen LogP contribution >= 0.6 is 0 Å². The number of pyridine rings is 1. The fourth-order valence-electron chi connectivity index (χ4n) is 1.65. The van der Waals surface area contributed by atoms with E-state index in [4.69, 9.17) is 10.5 Å². The number of nitrogens with two attached hydrogens (primary N) is 1. The van der Waals surface area contributed by atoms with E-state index in [9.17, 15) is 18.0 Å². The highest BCUT2D eigenvalue weighted by atomic mass is 19.4. The van der Waals surface area contributed by atoms with Crippen LogP contribution in [0.5, 0.6) is 11.6 Å². The Morgan fingerprint density at radius 2 is 1.95 bits per heavy atom. The molecule has 0 saturated carbocycles. The average molecular weight is 296 g/mol. The van der Waals surface area contributed by atoms with Gasteiger partial charge in [0.1, 0.15) is 11.4 Å². The number of Topliss-reactive ketones (excluding diaryl/α,β-unsaturated/α-hetero) is 1. The van der Waals surface area contributed by atoms with Crippen molar-refractivity contribution in [2.24, 2.45) is 0 Å². The molecule has 0 aliphatic rings. The highest BCUT2D eigenvalue weighted by Gasteiger charge is 2.32. The minimum Gasteiger partial charge on any atom is -0.438 e. The molecule has 0 aliphatic heterocycles. The van der Waals surface area contributed by atoms with Gasteiger partial charge < -0.3 is 10.5 Å². The van der Waals surface area contributed by atoms with E-state index in [-0.39, 0.29) is 23.0 Å². The van der Waals surface area contributed by atoms with Crippen LogP contribution in [0.25, 0.3) is 0 Å². The molecule has 0 unspecified atom stereocenters. The Balaban J connectivity index is 2.37. The quantitative estimate of drug-likeness (QED) is 0.693. The van der Waals surface area contributed by atoms with Crippen LogP contribution in [0, 0.1) is 0 Å². The Hall–Kier alpha value is -2.57. The normalized spacial score (nSPS) is 11.2. The summed E-state index contributed by atoms with van der Waals surface area (Å²) in [6.45, 7) is 1.31. The molecule has 110 valence electrons. The first-order chi connectivity index (χ1) is 9.77. The predicted molar refractivity (Wildman–Crippen MR) is 70.2 cm³/mol. The van der Waals surface area contributed by atoms with Gasteiger partial charge in [0, 0.05) is 11.8 Å². The third-order valence-electron chi connectivity index (χ3n) is 2.61. The number of hydrogen-bond acceptors (Lipinski definition) is 4. The van der Waals surface area contributed by atoms with Gasteiger partial charge in [-0.2, -0.15) is 13.2 Å². The van der Waals surface area contributed by atoms with Gasteiger partial charge in [-0.15, -0.1) is 0 Å². The van der Waals surface area contributed by atoms with Crippen molar-refractivity contribution in [3.63, 3.8) is 0 Å². The first-order valence-electron chi connectivity index (χ1n) is 5.90. The minimum atomic E-state index is -4.57. The maximum atomic E-state index is 12.6. The number of nitrogen functional groups attached to an aromatic ring is 1. The van der Waals surface area contributed by atoms with Crippen LogP contribution in [0.3, 0.4) is 0 Å². The molecular weight excluding hydrogens is 285 g/mol. The SMILES string of the molecule is CC(=O)c1cc(N)ccc1Oc1cccc(C(F)(F)F)n1. The lowest BCUT2D eigenvalue weighted by Crippen LogP contribution is -2.08. The molecular formula is C14H11F3N2O2. The number of carbonyl (C=O) groups is 1. The minimum absolute atomic E-state index is 0.100. The smallest absolute Gasteiger partial charge is 0.433 e. The third kappa shape index (κ3) is 3.50. The van der Waals surface area contributed by atoms with Gasteiger partial charge in [0.2, 0.25) is 5.88 Å². The number of hydrogen-bond donors (Lipinski definition) is 1. The molecule has 21 heavy (non-hydrogen) atoms. The summed E-state index contributed by atoms with van der Waals surface area (Å²) in [5.74, 6) is -0.468. The van der Waals surface area contributed by atoms with Crippen LogP contribution in [0.4, 0.5) is 18.9 Å². The summed E-state index contributed by atoms with van der Waals surface area (Å²) < 4.78 is 43.0. The highest BCUT2D eigenvalue weighted by Crippen LogP contribution is 2.31. The molecule has 0 saturated heterocycles. The van der Waals surface area contributed by atoms with Crippen molar-refractivity contribution < 1.29 is 22.7 Å². The second kappa shape index (κ2) is 5.43. The molecule has 2 aromatic rings. The molecule has 0 fully saturated rings. The zero-order valence-corrected chi connectivity index (χ0v) is 10.9. The van der Waals surface area contributed by atoms with Crippen molar-refractivity contribution in [1.82, 2.24) is 4.98 Å². The van der Waals surface area contributed by atoms with E-state index in [2.05, 4.69) is 4.98 Å². The molecule has 2 rings (SSSR count). The average Bonchev–Trinajstić information content (AvgIpc) is 2.40. The third-order valence-corrected chi connectivity index (χ3v) is 2.61. The van der Waals surface area contributed by atoms with Crippen LogP contribution in [-0.4, -0.2) is 10.8 Å². The standard InChI is InChI=1S/C14H11F3N2O2/c1-8(20)10-7-9(18)5-6-11(10)21-13-4-2-3-12(19-13)14(15,16)17/h2-7H,18H2,1H3. The summed E-state index contributed by atoms with van der Waals surface area (Å²) in [5.41, 5.74) is 5.02. The maximum absolute atomic E-state index is 12.6. The maximum Gasteiger partial charge on any atom is 0.433 e. The zero-order chi connectivity index (χ0) is 15.6. The number of halogens is 3. The Kier molecular flexibility index (Phi) is 3.84. The molecule has 0 bridgehead atoms. The predicted octanol–water partition coefficient (Wildman–Crippen LogP) is 3.68. The number of aromatic nitrogens is 1. The van der Waals surface area contributed by atoms with Crippen LogP contribution in [0.15, 0.2) is 36.4 Å². The monoisotopic (exact) mass is 296 g/mol. The number of benzene rings is 1. The summed E-state index contributed by atoms with van der Waals surface area (Å²) in [4.78, 5) is 14.9. The van der Waals surface area contributed by atoms with Gasteiger partial charge in [0.25, 0.3) is 0 Å². The molecule has 1 heterocycles. The molecule has 1 aromatic heterocycles. The largest absolute Gasteiger partial charge is 0.438 e. The van der Waals surface area contributed by atoms with Crippen molar-refractivity contribution >= 4 is 11.5 Å². The van der Waals surface area contributed by atoms with Crippen molar-refractivity contribution in [2.45, 2.75) is 13.1 Å². The van der Waals surface area contributed by atoms with E-state index in [1.165, 1.54) is 37.3 Å². The Morgan fingerprint density at radius 3 is 2.57 bits per heavy atom. The molecule has 4 nitrogen and oxygen atoms in total. The topological polar surface area (TPSA) is 65.2 Å². The van der Waals surface area contributed by atoms with Crippen molar-refractivity contribution in [3.05, 3.63) is 47.7 Å². The summed E-state index contributed by atoms with van der Waals surface area (Å²) >= 11 is 0. The molecule has 2 N–H and O–H groups in total. The van der Waals surface area contributed by atoms with Gasteiger partial charge in [-0.3, -0.25) is 4.79 Å². The number of alkyl halides is 3. The van der Waals surface area contributed by atoms with E-state index < -0.39 is 11.9 Å². The summed E-state index contributed by atoms with van der Waals surface area (Å²) in [5, 5.41) is 0. The summed E-state index contributed by atoms with van der Waals surface area (Å²) in [6, 6.07) is 7.57. The Morgan fingerprint density at radius 1 is 1.24 bits per heavy atom. The summed E-state index contributed by atoms with van der Waals surface area (Å²) in [7, 11) is 0. The summed E-state index contributed by atoms with van der Waals surface area (Å²) in [6.07, 6.45) is -4.57. The molecule has 0 radical (unpaired) electrons. The van der Waals surface area contributed by atoms with Crippen LogP contribution in [0.2, 0.25) is 0 Å². The van der Waals surface area contributed by atoms with Gasteiger partial charge in [0.15, 0.2) is 5.78 Å². The fraction of sp³-hybridized carbons (Fsp3) is 0.143. The molecule has 0 aliphatic carbocycles. The van der Waals surface area contributed by atoms with Gasteiger partial charge in [-0.1, -0.05) is 6.07 Å². The highest BCUT2D eigenvalue weighted by molar-refractivity contribution is 5.97. The first-order valence-corrected chi connectivity index (χ1v) is 5.90. The number of ketones is 1. The van der Waals surface area contributed by atoms with Crippen LogP contribution < -0.4 is 10.5 Å².